The summed E-state index contributed by atoms with van der Waals surface area (Å²) in [6, 6.07) is 28.8. The van der Waals surface area contributed by atoms with Gasteiger partial charge in [0.15, 0.2) is 0 Å². The van der Waals surface area contributed by atoms with E-state index in [4.69, 9.17) is 9.97 Å². The summed E-state index contributed by atoms with van der Waals surface area (Å²) in [6.07, 6.45) is 37.9. The molecular weight excluding hydrogens is 1160 g/mol. The third-order valence-electron chi connectivity index (χ3n) is 18.2. The predicted octanol–water partition coefficient (Wildman–Crippen LogP) is 26.3. The molecule has 7 aromatic rings. The summed E-state index contributed by atoms with van der Waals surface area (Å²) < 4.78 is 1.22. The number of aryl methyl sites for hydroxylation is 2. The van der Waals surface area contributed by atoms with Gasteiger partial charge >= 0.3 is 0 Å². The number of rotatable bonds is 26. The fourth-order valence-electron chi connectivity index (χ4n) is 12.6. The van der Waals surface area contributed by atoms with Crippen molar-refractivity contribution in [3.8, 4) is 43.1 Å². The first-order valence-corrected chi connectivity index (χ1v) is 36.3. The molecule has 0 radical (unpaired) electrons. The van der Waals surface area contributed by atoms with Crippen LogP contribution in [0.15, 0.2) is 82.0 Å². The lowest BCUT2D eigenvalue weighted by Gasteiger charge is -2.26. The maximum Gasteiger partial charge on any atom is 0.0746 e. The molecule has 7 heterocycles. The Morgan fingerprint density at radius 2 is 0.724 bits per heavy atom. The monoisotopic (exact) mass is 1260 g/mol. The molecule has 87 heavy (non-hydrogen) atoms. The van der Waals surface area contributed by atoms with Crippen molar-refractivity contribution in [2.45, 2.75) is 260 Å². The summed E-state index contributed by atoms with van der Waals surface area (Å²) in [5, 5.41) is 2.40. The van der Waals surface area contributed by atoms with Gasteiger partial charge in [-0.05, 0) is 174 Å². The summed E-state index contributed by atoms with van der Waals surface area (Å²) >= 11 is 7.84. The number of aromatic nitrogens is 4. The van der Waals surface area contributed by atoms with Crippen LogP contribution in [0.5, 0.6) is 0 Å². The van der Waals surface area contributed by atoms with Gasteiger partial charge in [0.1, 0.15) is 0 Å². The molecule has 0 saturated heterocycles. The number of fused-ring (bicyclic) bond motifs is 8. The van der Waals surface area contributed by atoms with E-state index in [1.165, 1.54) is 186 Å². The zero-order chi connectivity index (χ0) is 62.1. The Kier molecular flexibility index (Phi) is 22.3. The highest BCUT2D eigenvalue weighted by Crippen LogP contribution is 2.45. The van der Waals surface area contributed by atoms with E-state index in [0.717, 1.165) is 79.9 Å². The van der Waals surface area contributed by atoms with E-state index in [9.17, 15) is 0 Å². The number of aromatic amines is 2. The summed E-state index contributed by atoms with van der Waals surface area (Å²) in [7, 11) is 0. The fraction of sp³-hybridized carbons (Fsp3) is 0.500. The van der Waals surface area contributed by atoms with E-state index in [-0.39, 0.29) is 21.7 Å². The lowest BCUT2D eigenvalue weighted by Crippen LogP contribution is -2.16. The molecule has 5 aromatic heterocycles. The van der Waals surface area contributed by atoms with Crippen molar-refractivity contribution in [3.63, 3.8) is 0 Å². The van der Waals surface area contributed by atoms with E-state index in [1.54, 1.807) is 0 Å². The van der Waals surface area contributed by atoms with Crippen LogP contribution in [0.2, 0.25) is 0 Å². The second-order valence-electron chi connectivity index (χ2n) is 29.7. The first kappa shape index (κ1) is 66.3. The maximum absolute atomic E-state index is 5.82. The quantitative estimate of drug-likeness (QED) is 0.0531. The van der Waals surface area contributed by atoms with Crippen molar-refractivity contribution in [1.29, 1.82) is 0 Å². The van der Waals surface area contributed by atoms with Gasteiger partial charge in [-0.25, -0.2) is 9.97 Å². The van der Waals surface area contributed by atoms with Crippen LogP contribution in [0.4, 0.5) is 0 Å². The molecule has 2 aromatic carbocycles. The number of benzene rings is 2. The molecule has 0 atom stereocenters. The van der Waals surface area contributed by atoms with Crippen LogP contribution in [0, 0.1) is 0 Å². The number of H-pyrrole nitrogens is 2. The molecule has 7 heteroatoms. The molecular formula is C80H105BrN4S2. The molecule has 9 rings (SSSR count). The normalized spacial score (nSPS) is 13.0. The minimum absolute atomic E-state index is 0.0735. The fourth-order valence-corrected chi connectivity index (χ4v) is 15.4. The highest BCUT2D eigenvalue weighted by Gasteiger charge is 2.27. The Labute approximate surface area is 542 Å². The second-order valence-corrected chi connectivity index (χ2v) is 33.0. The molecule has 0 saturated carbocycles. The summed E-state index contributed by atoms with van der Waals surface area (Å²) in [6.45, 7) is 32.7. The Morgan fingerprint density at radius 1 is 0.379 bits per heavy atom. The average Bonchev–Trinajstić information content (AvgIpc) is 1.76. The number of nitrogens with zero attached hydrogens (tertiary/aromatic N) is 2. The van der Waals surface area contributed by atoms with Gasteiger partial charge in [-0.3, -0.25) is 0 Å². The van der Waals surface area contributed by atoms with Crippen LogP contribution in [-0.4, -0.2) is 19.9 Å². The highest BCUT2D eigenvalue weighted by molar-refractivity contribution is 9.11. The predicted molar refractivity (Wildman–Crippen MR) is 390 cm³/mol. The molecule has 2 N–H and O–H groups in total. The number of nitrogens with one attached hydrogen (secondary N) is 2. The van der Waals surface area contributed by atoms with Crippen molar-refractivity contribution >= 4 is 85.0 Å². The average molecular weight is 1270 g/mol. The number of hydrogen-bond donors (Lipinski definition) is 2. The summed E-state index contributed by atoms with van der Waals surface area (Å²) in [5.41, 5.74) is 22.6. The van der Waals surface area contributed by atoms with E-state index < -0.39 is 0 Å². The zero-order valence-electron chi connectivity index (χ0n) is 56.0. The van der Waals surface area contributed by atoms with Crippen molar-refractivity contribution in [3.05, 3.63) is 138 Å². The highest BCUT2D eigenvalue weighted by atomic mass is 79.9. The second kappa shape index (κ2) is 29.3. The number of halogens is 1. The standard InChI is InChI=1S/C80H105BrN4S2/c1-15-17-19-21-23-25-27-29-31-33-35-54-45-70(86-53-54)74-66-41-37-62(82-66)72(56-46-58(77(3,4)5)51-59(47-56)78(6,7)8)64-39-43-68(84-64)75(71-50-55(76(81)87-71)36-34-32-30-28-26-24-22-20-18-16-2)69-44-40-65(85-69)73(63-38-42-67(74)83-63)57-48-60(79(9,10)11)52-61(49-57)80(12,13)14/h37-53,84-85H,15-36H2,1-14H3. The number of hydrogen-bond acceptors (Lipinski definition) is 4. The third-order valence-corrected chi connectivity index (χ3v) is 21.2. The van der Waals surface area contributed by atoms with Gasteiger partial charge < -0.3 is 9.97 Å². The Bertz CT molecular complexity index is 3450. The molecule has 0 amide bonds. The summed E-state index contributed by atoms with van der Waals surface area (Å²) in [4.78, 5) is 22.4. The van der Waals surface area contributed by atoms with Gasteiger partial charge in [0, 0.05) is 54.1 Å². The largest absolute Gasteiger partial charge is 0.354 e. The van der Waals surface area contributed by atoms with Crippen LogP contribution in [0.3, 0.4) is 0 Å². The van der Waals surface area contributed by atoms with Crippen molar-refractivity contribution in [2.24, 2.45) is 0 Å². The molecule has 2 aliphatic rings. The van der Waals surface area contributed by atoms with E-state index in [2.05, 4.69) is 225 Å². The van der Waals surface area contributed by atoms with Gasteiger partial charge in [-0.2, -0.15) is 0 Å². The van der Waals surface area contributed by atoms with Gasteiger partial charge in [0.05, 0.1) is 26.6 Å². The molecule has 0 fully saturated rings. The SMILES string of the molecule is CCCCCCCCCCCCc1csc(-c2c3nc(c(-c4cc(C(C)(C)C)cc(C(C)(C)C)c4)c4ccc([nH]4)c(-c4cc(CCCCCCCCCCCC)c(Br)s4)c4ccc([nH]4)c(-c4cc(C(C)(C)C)cc(C(C)(C)C)c4)c4nc2C=C4)C=C3)c1. The lowest BCUT2D eigenvalue weighted by atomic mass is 9.78. The number of thiophene rings is 2. The molecule has 0 aliphatic carbocycles. The van der Waals surface area contributed by atoms with E-state index in [1.807, 2.05) is 22.7 Å². The minimum atomic E-state index is -0.0735. The third kappa shape index (κ3) is 17.1. The van der Waals surface area contributed by atoms with Crippen LogP contribution < -0.4 is 0 Å². The maximum atomic E-state index is 5.82. The van der Waals surface area contributed by atoms with Crippen LogP contribution in [0.1, 0.15) is 282 Å². The van der Waals surface area contributed by atoms with E-state index >= 15 is 0 Å². The van der Waals surface area contributed by atoms with Crippen molar-refractivity contribution < 1.29 is 0 Å². The lowest BCUT2D eigenvalue weighted by molar-refractivity contribution is 0.556. The Morgan fingerprint density at radius 3 is 1.10 bits per heavy atom. The molecule has 4 nitrogen and oxygen atoms in total. The minimum Gasteiger partial charge on any atom is -0.354 e. The van der Waals surface area contributed by atoms with Crippen LogP contribution in [0.25, 0.3) is 89.5 Å². The number of unbranched alkanes of at least 4 members (excludes halogenated alkanes) is 18. The Hall–Kier alpha value is -5.08. The molecule has 0 unspecified atom stereocenters. The van der Waals surface area contributed by atoms with Crippen LogP contribution in [-0.2, 0) is 34.5 Å². The van der Waals surface area contributed by atoms with Gasteiger partial charge in [0.2, 0.25) is 0 Å². The molecule has 464 valence electrons. The van der Waals surface area contributed by atoms with E-state index in [0.29, 0.717) is 0 Å². The summed E-state index contributed by atoms with van der Waals surface area (Å²) in [5.74, 6) is 0. The molecule has 8 bridgehead atoms. The van der Waals surface area contributed by atoms with Crippen LogP contribution >= 0.6 is 38.6 Å². The van der Waals surface area contributed by atoms with Crippen molar-refractivity contribution in [2.75, 3.05) is 0 Å². The smallest absolute Gasteiger partial charge is 0.0746 e. The Balaban J connectivity index is 1.26. The topological polar surface area (TPSA) is 57.4 Å². The first-order chi connectivity index (χ1) is 41.5. The molecule has 2 aliphatic heterocycles. The van der Waals surface area contributed by atoms with Gasteiger partial charge in [-0.15, -0.1) is 22.7 Å². The van der Waals surface area contributed by atoms with Crippen molar-refractivity contribution in [1.82, 2.24) is 19.9 Å². The zero-order valence-corrected chi connectivity index (χ0v) is 59.2. The van der Waals surface area contributed by atoms with Gasteiger partial charge in [-0.1, -0.05) is 249 Å². The molecule has 0 spiro atoms. The van der Waals surface area contributed by atoms with Gasteiger partial charge in [0.25, 0.3) is 0 Å². The first-order valence-electron chi connectivity index (χ1n) is 33.9.